The van der Waals surface area contributed by atoms with E-state index in [0.29, 0.717) is 12.0 Å². The number of nitro groups is 1. The van der Waals surface area contributed by atoms with Crippen LogP contribution in [-0.4, -0.2) is 19.4 Å². The maximum absolute atomic E-state index is 12.1. The molecule has 1 N–H and O–H groups in total. The molecule has 0 aliphatic heterocycles. The first kappa shape index (κ1) is 15.6. The third-order valence-electron chi connectivity index (χ3n) is 2.77. The minimum Gasteiger partial charge on any atom is -0.258 e. The molecule has 0 saturated heterocycles. The fraction of sp³-hybridized carbons (Fsp3) is 0.500. The highest BCUT2D eigenvalue weighted by Gasteiger charge is 2.21. The molecule has 0 aliphatic carbocycles. The zero-order valence-corrected chi connectivity index (χ0v) is 12.0. The van der Waals surface area contributed by atoms with Crippen LogP contribution in [0.4, 0.5) is 5.69 Å². The fourth-order valence-corrected chi connectivity index (χ4v) is 3.08. The molecule has 1 aromatic carbocycles. The van der Waals surface area contributed by atoms with E-state index < -0.39 is 14.9 Å². The molecule has 1 aromatic rings. The van der Waals surface area contributed by atoms with E-state index in [4.69, 9.17) is 0 Å². The van der Waals surface area contributed by atoms with Crippen molar-refractivity contribution in [2.45, 2.75) is 44.6 Å². The van der Waals surface area contributed by atoms with Crippen LogP contribution >= 0.6 is 0 Å². The van der Waals surface area contributed by atoms with Gasteiger partial charge in [0, 0.05) is 17.7 Å². The first-order valence-electron chi connectivity index (χ1n) is 6.05. The van der Waals surface area contributed by atoms with Crippen LogP contribution < -0.4 is 4.72 Å². The molecule has 19 heavy (non-hydrogen) atoms. The Balaban J connectivity index is 3.08. The molecule has 6 nitrogen and oxygen atoms in total. The van der Waals surface area contributed by atoms with Crippen molar-refractivity contribution in [1.29, 1.82) is 0 Å². The molecular weight excluding hydrogens is 268 g/mol. The molecule has 1 rings (SSSR count). The van der Waals surface area contributed by atoms with Crippen LogP contribution in [0.15, 0.2) is 23.1 Å². The molecule has 0 heterocycles. The average molecular weight is 286 g/mol. The topological polar surface area (TPSA) is 89.3 Å². The Morgan fingerprint density at radius 1 is 1.42 bits per heavy atom. The number of hydrogen-bond donors (Lipinski definition) is 1. The van der Waals surface area contributed by atoms with Crippen molar-refractivity contribution in [2.24, 2.45) is 0 Å². The van der Waals surface area contributed by atoms with Gasteiger partial charge in [0.25, 0.3) is 5.69 Å². The second-order valence-corrected chi connectivity index (χ2v) is 6.23. The van der Waals surface area contributed by atoms with E-state index in [2.05, 4.69) is 4.72 Å². The van der Waals surface area contributed by atoms with Gasteiger partial charge >= 0.3 is 0 Å². The fourth-order valence-electron chi connectivity index (χ4n) is 1.78. The molecule has 0 aliphatic rings. The summed E-state index contributed by atoms with van der Waals surface area (Å²) in [5, 5.41) is 10.8. The van der Waals surface area contributed by atoms with Gasteiger partial charge in [-0.1, -0.05) is 19.4 Å². The molecule has 0 unspecified atom stereocenters. The first-order chi connectivity index (χ1) is 8.77. The summed E-state index contributed by atoms with van der Waals surface area (Å²) >= 11 is 0. The maximum atomic E-state index is 12.1. The number of hydrogen-bond acceptors (Lipinski definition) is 4. The Hall–Kier alpha value is -1.47. The largest absolute Gasteiger partial charge is 0.273 e. The Kier molecular flexibility index (Phi) is 5.02. The van der Waals surface area contributed by atoms with Gasteiger partial charge in [0.2, 0.25) is 10.0 Å². The summed E-state index contributed by atoms with van der Waals surface area (Å²) in [5.74, 6) is 0. The van der Waals surface area contributed by atoms with Crippen molar-refractivity contribution in [3.63, 3.8) is 0 Å². The molecular formula is C12H18N2O4S. The molecule has 0 fully saturated rings. The van der Waals surface area contributed by atoms with Crippen LogP contribution in [0.25, 0.3) is 0 Å². The van der Waals surface area contributed by atoms with Crippen LogP contribution in [0.5, 0.6) is 0 Å². The second kappa shape index (κ2) is 6.12. The molecule has 0 spiro atoms. The van der Waals surface area contributed by atoms with Crippen molar-refractivity contribution >= 4 is 15.7 Å². The summed E-state index contributed by atoms with van der Waals surface area (Å²) in [6.07, 6.45) is 1.57. The molecule has 0 radical (unpaired) electrons. The van der Waals surface area contributed by atoms with Crippen LogP contribution in [0.1, 0.15) is 32.3 Å². The summed E-state index contributed by atoms with van der Waals surface area (Å²) in [7, 11) is -3.71. The Bertz CT molecular complexity index is 569. The van der Waals surface area contributed by atoms with E-state index in [1.165, 1.54) is 12.1 Å². The number of rotatable bonds is 6. The van der Waals surface area contributed by atoms with Gasteiger partial charge in [0.05, 0.1) is 9.82 Å². The van der Waals surface area contributed by atoms with E-state index in [-0.39, 0.29) is 16.6 Å². The van der Waals surface area contributed by atoms with Gasteiger partial charge in [-0.25, -0.2) is 13.1 Å². The van der Waals surface area contributed by atoms with Crippen molar-refractivity contribution < 1.29 is 13.3 Å². The number of nitro benzene ring substituents is 1. The molecule has 0 amide bonds. The lowest BCUT2D eigenvalue weighted by atomic mass is 10.2. The maximum Gasteiger partial charge on any atom is 0.273 e. The lowest BCUT2D eigenvalue weighted by Crippen LogP contribution is -2.32. The smallest absolute Gasteiger partial charge is 0.258 e. The summed E-state index contributed by atoms with van der Waals surface area (Å²) in [6, 6.07) is 3.71. The van der Waals surface area contributed by atoms with Gasteiger partial charge in [-0.15, -0.1) is 0 Å². The monoisotopic (exact) mass is 286 g/mol. The van der Waals surface area contributed by atoms with Crippen molar-refractivity contribution in [3.05, 3.63) is 33.9 Å². The predicted molar refractivity (Wildman–Crippen MR) is 72.5 cm³/mol. The van der Waals surface area contributed by atoms with Crippen LogP contribution in [0.3, 0.4) is 0 Å². The first-order valence-corrected chi connectivity index (χ1v) is 7.53. The Morgan fingerprint density at radius 2 is 2.05 bits per heavy atom. The lowest BCUT2D eigenvalue weighted by molar-refractivity contribution is -0.385. The van der Waals surface area contributed by atoms with Gasteiger partial charge in [0.1, 0.15) is 0 Å². The highest BCUT2D eigenvalue weighted by molar-refractivity contribution is 7.89. The molecule has 106 valence electrons. The van der Waals surface area contributed by atoms with Gasteiger partial charge in [0.15, 0.2) is 0 Å². The number of sulfonamides is 1. The van der Waals surface area contributed by atoms with Gasteiger partial charge in [-0.3, -0.25) is 10.1 Å². The number of nitrogens with zero attached hydrogens (tertiary/aromatic N) is 1. The van der Waals surface area contributed by atoms with Crippen molar-refractivity contribution in [1.82, 2.24) is 4.72 Å². The second-order valence-electron chi connectivity index (χ2n) is 4.52. The van der Waals surface area contributed by atoms with Gasteiger partial charge < -0.3 is 0 Å². The van der Waals surface area contributed by atoms with E-state index in [1.807, 2.05) is 6.92 Å². The Morgan fingerprint density at radius 3 is 2.58 bits per heavy atom. The van der Waals surface area contributed by atoms with Crippen LogP contribution in [0, 0.1) is 17.0 Å². The summed E-state index contributed by atoms with van der Waals surface area (Å²) < 4.78 is 26.6. The third-order valence-corrected chi connectivity index (χ3v) is 4.35. The highest BCUT2D eigenvalue weighted by Crippen LogP contribution is 2.22. The molecule has 1 atom stereocenters. The van der Waals surface area contributed by atoms with E-state index in [0.717, 1.165) is 12.5 Å². The van der Waals surface area contributed by atoms with E-state index >= 15 is 0 Å². The normalized spacial score (nSPS) is 13.2. The number of nitrogens with one attached hydrogen (secondary N) is 1. The number of aryl methyl sites for hydroxylation is 1. The van der Waals surface area contributed by atoms with Crippen molar-refractivity contribution in [3.8, 4) is 0 Å². The van der Waals surface area contributed by atoms with Crippen LogP contribution in [0.2, 0.25) is 0 Å². The standard InChI is InChI=1S/C12H18N2O4S/c1-4-5-10(3)13-19(17,18)11-7-6-9(2)12(8-11)14(15)16/h6-8,10,13H,4-5H2,1-3H3/t10-/m1/s1. The summed E-state index contributed by atoms with van der Waals surface area (Å²) in [5.41, 5.74) is 0.247. The zero-order valence-electron chi connectivity index (χ0n) is 11.2. The quantitative estimate of drug-likeness (QED) is 0.642. The molecule has 0 aromatic heterocycles. The predicted octanol–water partition coefficient (Wildman–Crippen LogP) is 2.37. The van der Waals surface area contributed by atoms with Gasteiger partial charge in [-0.2, -0.15) is 0 Å². The minimum absolute atomic E-state index is 0.0762. The Labute approximate surface area is 113 Å². The van der Waals surface area contributed by atoms with Crippen molar-refractivity contribution in [2.75, 3.05) is 0 Å². The third kappa shape index (κ3) is 4.00. The molecule has 7 heteroatoms. The number of benzene rings is 1. The average Bonchev–Trinajstić information content (AvgIpc) is 2.28. The molecule has 0 saturated carbocycles. The van der Waals surface area contributed by atoms with E-state index in [9.17, 15) is 18.5 Å². The summed E-state index contributed by atoms with van der Waals surface area (Å²) in [4.78, 5) is 10.2. The lowest BCUT2D eigenvalue weighted by Gasteiger charge is -2.13. The highest BCUT2D eigenvalue weighted by atomic mass is 32.2. The molecule has 0 bridgehead atoms. The van der Waals surface area contributed by atoms with Gasteiger partial charge in [-0.05, 0) is 26.3 Å². The zero-order chi connectivity index (χ0) is 14.6. The van der Waals surface area contributed by atoms with E-state index in [1.54, 1.807) is 13.8 Å². The minimum atomic E-state index is -3.71. The van der Waals surface area contributed by atoms with Crippen LogP contribution in [-0.2, 0) is 10.0 Å². The summed E-state index contributed by atoms with van der Waals surface area (Å²) in [6.45, 7) is 5.30. The SMILES string of the molecule is CCC[C@@H](C)NS(=O)(=O)c1ccc(C)c([N+](=O)[O-])c1.